The number of halogens is 2. The van der Waals surface area contributed by atoms with Crippen LogP contribution in [0.5, 0.6) is 0 Å². The van der Waals surface area contributed by atoms with Gasteiger partial charge in [0, 0.05) is 9.86 Å². The summed E-state index contributed by atoms with van der Waals surface area (Å²) in [7, 11) is 0. The smallest absolute Gasteiger partial charge is 0.148 e. The average molecular weight is 239 g/mol. The predicted molar refractivity (Wildman–Crippen MR) is 50.7 cm³/mol. The summed E-state index contributed by atoms with van der Waals surface area (Å²) in [4.78, 5) is 2.68. The summed E-state index contributed by atoms with van der Waals surface area (Å²) in [6.45, 7) is 0. The van der Waals surface area contributed by atoms with Gasteiger partial charge in [0.15, 0.2) is 0 Å². The van der Waals surface area contributed by atoms with Crippen molar-refractivity contribution in [1.29, 1.82) is 5.26 Å². The molecule has 0 saturated carbocycles. The molecule has 2 nitrogen and oxygen atoms in total. The van der Waals surface area contributed by atoms with Crippen molar-refractivity contribution in [3.8, 4) is 6.07 Å². The van der Waals surface area contributed by atoms with E-state index in [4.69, 9.17) is 5.26 Å². The van der Waals surface area contributed by atoms with Gasteiger partial charge in [0.2, 0.25) is 0 Å². The molecule has 0 aliphatic carbocycles. The first-order chi connectivity index (χ1) is 6.20. The van der Waals surface area contributed by atoms with E-state index in [1.54, 1.807) is 12.1 Å². The molecule has 0 unspecified atom stereocenters. The number of nitrogens with zero attached hydrogens (tertiary/aromatic N) is 1. The highest BCUT2D eigenvalue weighted by molar-refractivity contribution is 9.10. The first kappa shape index (κ1) is 8.27. The number of nitrogens with one attached hydrogen (secondary N) is 1. The van der Waals surface area contributed by atoms with E-state index in [1.165, 1.54) is 6.07 Å². The molecule has 0 radical (unpaired) electrons. The van der Waals surface area contributed by atoms with Crippen LogP contribution in [0.3, 0.4) is 0 Å². The highest BCUT2D eigenvalue weighted by atomic mass is 79.9. The Morgan fingerprint density at radius 2 is 2.15 bits per heavy atom. The molecule has 13 heavy (non-hydrogen) atoms. The Bertz CT molecular complexity index is 510. The third-order valence-electron chi connectivity index (χ3n) is 1.77. The largest absolute Gasteiger partial charge is 0.344 e. The van der Waals surface area contributed by atoms with E-state index in [2.05, 4.69) is 20.9 Å². The maximum absolute atomic E-state index is 13.2. The van der Waals surface area contributed by atoms with Crippen LogP contribution in [-0.2, 0) is 0 Å². The molecule has 4 heteroatoms. The zero-order valence-electron chi connectivity index (χ0n) is 6.44. The van der Waals surface area contributed by atoms with Gasteiger partial charge >= 0.3 is 0 Å². The first-order valence-electron chi connectivity index (χ1n) is 3.58. The molecule has 1 aromatic carbocycles. The topological polar surface area (TPSA) is 39.6 Å². The fourth-order valence-electron chi connectivity index (χ4n) is 1.23. The summed E-state index contributed by atoms with van der Waals surface area (Å²) >= 11 is 3.18. The van der Waals surface area contributed by atoms with Gasteiger partial charge in [-0.3, -0.25) is 0 Å². The Balaban J connectivity index is 2.84. The van der Waals surface area contributed by atoms with Crippen LogP contribution in [0.15, 0.2) is 22.7 Å². The average Bonchev–Trinajstić information content (AvgIpc) is 2.47. The van der Waals surface area contributed by atoms with Gasteiger partial charge in [-0.25, -0.2) is 4.39 Å². The number of H-pyrrole nitrogens is 1. The van der Waals surface area contributed by atoms with Gasteiger partial charge in [-0.05, 0) is 18.2 Å². The Hall–Kier alpha value is -1.34. The number of fused-ring (bicyclic) bond motifs is 1. The normalized spacial score (nSPS) is 10.2. The Morgan fingerprint density at radius 1 is 1.38 bits per heavy atom. The second-order valence-electron chi connectivity index (χ2n) is 2.65. The number of nitriles is 1. The van der Waals surface area contributed by atoms with Crippen LogP contribution in [0.4, 0.5) is 4.39 Å². The van der Waals surface area contributed by atoms with Crippen molar-refractivity contribution >= 4 is 26.8 Å². The molecule has 0 aliphatic rings. The number of aromatic nitrogens is 1. The summed E-state index contributed by atoms with van der Waals surface area (Å²) in [5.41, 5.74) is 0.742. The molecule has 0 saturated heterocycles. The minimum Gasteiger partial charge on any atom is -0.344 e. The van der Waals surface area contributed by atoms with Gasteiger partial charge in [0.1, 0.15) is 17.6 Å². The van der Waals surface area contributed by atoms with Gasteiger partial charge in [0.25, 0.3) is 0 Å². The molecule has 0 fully saturated rings. The summed E-state index contributed by atoms with van der Waals surface area (Å²) < 4.78 is 13.9. The summed E-state index contributed by atoms with van der Waals surface area (Å²) in [5, 5.41) is 9.28. The van der Waals surface area contributed by atoms with Crippen molar-refractivity contribution in [3.63, 3.8) is 0 Å². The second kappa shape index (κ2) is 2.86. The van der Waals surface area contributed by atoms with Crippen LogP contribution in [0, 0.1) is 17.1 Å². The van der Waals surface area contributed by atoms with Crippen LogP contribution in [0.2, 0.25) is 0 Å². The van der Waals surface area contributed by atoms with Crippen LogP contribution in [0.1, 0.15) is 5.69 Å². The Labute approximate surface area is 82.1 Å². The second-order valence-corrected chi connectivity index (χ2v) is 3.56. The monoisotopic (exact) mass is 238 g/mol. The lowest BCUT2D eigenvalue weighted by Crippen LogP contribution is -1.77. The Kier molecular flexibility index (Phi) is 1.82. The van der Waals surface area contributed by atoms with Gasteiger partial charge in [-0.15, -0.1) is 0 Å². The Morgan fingerprint density at radius 3 is 2.85 bits per heavy atom. The number of rotatable bonds is 0. The number of benzene rings is 1. The third kappa shape index (κ3) is 1.31. The first-order valence-corrected chi connectivity index (χ1v) is 4.38. The maximum Gasteiger partial charge on any atom is 0.148 e. The molecular formula is C9H4BrFN2. The number of aromatic amines is 1. The SMILES string of the molecule is N#Cc1cc2cc(Br)cc(F)c2[nH]1. The molecule has 2 rings (SSSR count). The molecule has 0 spiro atoms. The van der Waals surface area contributed by atoms with Crippen LogP contribution in [-0.4, -0.2) is 4.98 Å². The quantitative estimate of drug-likeness (QED) is 0.754. The number of hydrogen-bond donors (Lipinski definition) is 1. The van der Waals surface area contributed by atoms with Crippen molar-refractivity contribution in [2.75, 3.05) is 0 Å². The van der Waals surface area contributed by atoms with E-state index in [-0.39, 0.29) is 5.82 Å². The summed E-state index contributed by atoms with van der Waals surface area (Å²) in [6, 6.07) is 6.66. The fourth-order valence-corrected chi connectivity index (χ4v) is 1.67. The standard InChI is InChI=1S/C9H4BrFN2/c10-6-1-5-2-7(4-12)13-9(5)8(11)3-6/h1-3,13H. The molecule has 0 aliphatic heterocycles. The molecule has 0 bridgehead atoms. The molecular weight excluding hydrogens is 235 g/mol. The van der Waals surface area contributed by atoms with E-state index < -0.39 is 0 Å². The van der Waals surface area contributed by atoms with Crippen molar-refractivity contribution in [2.45, 2.75) is 0 Å². The lowest BCUT2D eigenvalue weighted by molar-refractivity contribution is 0.636. The number of hydrogen-bond acceptors (Lipinski definition) is 1. The maximum atomic E-state index is 13.2. The fraction of sp³-hybridized carbons (Fsp3) is 0. The molecule has 0 atom stereocenters. The van der Waals surface area contributed by atoms with E-state index in [0.717, 1.165) is 0 Å². The van der Waals surface area contributed by atoms with Crippen molar-refractivity contribution in [1.82, 2.24) is 4.98 Å². The highest BCUT2D eigenvalue weighted by Gasteiger charge is 2.05. The van der Waals surface area contributed by atoms with E-state index in [9.17, 15) is 4.39 Å². The molecule has 2 aromatic rings. The highest BCUT2D eigenvalue weighted by Crippen LogP contribution is 2.23. The van der Waals surface area contributed by atoms with Gasteiger partial charge in [-0.1, -0.05) is 15.9 Å². The van der Waals surface area contributed by atoms with Crippen LogP contribution >= 0.6 is 15.9 Å². The minimum atomic E-state index is -0.356. The van der Waals surface area contributed by atoms with Crippen LogP contribution in [0.25, 0.3) is 10.9 Å². The van der Waals surface area contributed by atoms with Crippen molar-refractivity contribution in [2.24, 2.45) is 0 Å². The zero-order chi connectivity index (χ0) is 9.42. The predicted octanol–water partition coefficient (Wildman–Crippen LogP) is 2.94. The van der Waals surface area contributed by atoms with Gasteiger partial charge in [-0.2, -0.15) is 5.26 Å². The lowest BCUT2D eigenvalue weighted by atomic mass is 10.2. The third-order valence-corrected chi connectivity index (χ3v) is 2.22. The molecule has 64 valence electrons. The van der Waals surface area contributed by atoms with Crippen molar-refractivity contribution in [3.05, 3.63) is 34.2 Å². The zero-order valence-corrected chi connectivity index (χ0v) is 8.02. The van der Waals surface area contributed by atoms with Crippen LogP contribution < -0.4 is 0 Å². The molecule has 1 heterocycles. The lowest BCUT2D eigenvalue weighted by Gasteiger charge is -1.93. The molecule has 1 N–H and O–H groups in total. The van der Waals surface area contributed by atoms with Crippen molar-refractivity contribution < 1.29 is 4.39 Å². The van der Waals surface area contributed by atoms with E-state index in [1.807, 2.05) is 6.07 Å². The molecule has 0 amide bonds. The van der Waals surface area contributed by atoms with E-state index >= 15 is 0 Å². The summed E-state index contributed by atoms with van der Waals surface area (Å²) in [5.74, 6) is -0.356. The minimum absolute atomic E-state index is 0.356. The molecule has 1 aromatic heterocycles. The van der Waals surface area contributed by atoms with E-state index in [0.29, 0.717) is 21.1 Å². The van der Waals surface area contributed by atoms with Gasteiger partial charge in [0.05, 0.1) is 5.52 Å². The summed E-state index contributed by atoms with van der Waals surface area (Å²) in [6.07, 6.45) is 0. The van der Waals surface area contributed by atoms with Gasteiger partial charge < -0.3 is 4.98 Å².